The summed E-state index contributed by atoms with van der Waals surface area (Å²) in [5.74, 6) is 0.448. The van der Waals surface area contributed by atoms with Crippen LogP contribution in [0.2, 0.25) is 0 Å². The summed E-state index contributed by atoms with van der Waals surface area (Å²) in [4.78, 5) is 1.88. The first-order valence-electron chi connectivity index (χ1n) is 5.32. The molecule has 0 saturated heterocycles. The third-order valence-corrected chi connectivity index (χ3v) is 2.80. The Morgan fingerprint density at radius 3 is 2.33 bits per heavy atom. The number of hydrogen-bond acceptors (Lipinski definition) is 2. The van der Waals surface area contributed by atoms with Crippen molar-refractivity contribution < 1.29 is 5.11 Å². The van der Waals surface area contributed by atoms with Crippen LogP contribution in [0.1, 0.15) is 34.6 Å². The second-order valence-corrected chi connectivity index (χ2v) is 4.78. The molecule has 1 rings (SSSR count). The lowest BCUT2D eigenvalue weighted by Gasteiger charge is -2.37. The van der Waals surface area contributed by atoms with Gasteiger partial charge in [0.15, 0.2) is 0 Å². The van der Waals surface area contributed by atoms with Gasteiger partial charge >= 0.3 is 0 Å². The fourth-order valence-corrected chi connectivity index (χ4v) is 1.96. The Bertz CT molecular complexity index is 331. The molecule has 0 aromatic carbocycles. The van der Waals surface area contributed by atoms with Crippen LogP contribution in [-0.2, 0) is 0 Å². The van der Waals surface area contributed by atoms with Crippen LogP contribution in [0.3, 0.4) is 0 Å². The lowest BCUT2D eigenvalue weighted by molar-refractivity contribution is -0.0358. The molecule has 0 heterocycles. The summed E-state index contributed by atoms with van der Waals surface area (Å²) >= 11 is 0. The molecule has 0 bridgehead atoms. The Morgan fingerprint density at radius 2 is 2.07 bits per heavy atom. The van der Waals surface area contributed by atoms with Crippen molar-refractivity contribution in [1.82, 2.24) is 4.90 Å². The van der Waals surface area contributed by atoms with E-state index in [0.717, 1.165) is 11.4 Å². The molecule has 1 N–H and O–H groups in total. The minimum Gasteiger partial charge on any atom is -0.371 e. The number of rotatable bonds is 3. The molecule has 15 heavy (non-hydrogen) atoms. The summed E-state index contributed by atoms with van der Waals surface area (Å²) in [6.45, 7) is 13.6. The number of aliphatic hydroxyl groups is 1. The van der Waals surface area contributed by atoms with E-state index in [9.17, 15) is 5.11 Å². The van der Waals surface area contributed by atoms with Crippen molar-refractivity contribution in [1.29, 1.82) is 0 Å². The van der Waals surface area contributed by atoms with Gasteiger partial charge in [-0.25, -0.2) is 0 Å². The maximum atomic E-state index is 10.1. The minimum absolute atomic E-state index is 0.448. The molecule has 0 aromatic heterocycles. The Morgan fingerprint density at radius 1 is 1.53 bits per heavy atom. The highest BCUT2D eigenvalue weighted by Gasteiger charge is 2.28. The highest BCUT2D eigenvalue weighted by molar-refractivity contribution is 5.36. The predicted octanol–water partition coefficient (Wildman–Crippen LogP) is 3.03. The first-order chi connectivity index (χ1) is 6.75. The van der Waals surface area contributed by atoms with Crippen molar-refractivity contribution in [3.63, 3.8) is 0 Å². The molecule has 0 fully saturated rings. The third-order valence-electron chi connectivity index (χ3n) is 2.80. The summed E-state index contributed by atoms with van der Waals surface area (Å²) in [5.41, 5.74) is 2.30. The van der Waals surface area contributed by atoms with Gasteiger partial charge in [-0.15, -0.1) is 0 Å². The molecule has 0 saturated carbocycles. The van der Waals surface area contributed by atoms with Crippen LogP contribution in [0.4, 0.5) is 0 Å². The third kappa shape index (κ3) is 2.32. The van der Waals surface area contributed by atoms with E-state index in [4.69, 9.17) is 0 Å². The van der Waals surface area contributed by atoms with Crippen molar-refractivity contribution in [3.8, 4) is 0 Å². The van der Waals surface area contributed by atoms with Gasteiger partial charge in [-0.05, 0) is 45.3 Å². The lowest BCUT2D eigenvalue weighted by atomic mass is 10.1. The van der Waals surface area contributed by atoms with Gasteiger partial charge < -0.3 is 10.0 Å². The van der Waals surface area contributed by atoms with Crippen LogP contribution in [0.5, 0.6) is 0 Å². The van der Waals surface area contributed by atoms with E-state index in [2.05, 4.69) is 32.6 Å². The smallest absolute Gasteiger partial charge is 0.136 e. The van der Waals surface area contributed by atoms with Gasteiger partial charge in [0.2, 0.25) is 0 Å². The first-order valence-corrected chi connectivity index (χ1v) is 5.32. The van der Waals surface area contributed by atoms with E-state index in [0.29, 0.717) is 5.92 Å². The minimum atomic E-state index is -0.906. The molecule has 0 radical (unpaired) electrons. The van der Waals surface area contributed by atoms with E-state index < -0.39 is 5.72 Å². The van der Waals surface area contributed by atoms with E-state index in [1.807, 2.05) is 11.8 Å². The highest BCUT2D eigenvalue weighted by Crippen LogP contribution is 2.32. The highest BCUT2D eigenvalue weighted by atomic mass is 16.3. The second kappa shape index (κ2) is 3.86. The SMILES string of the molecule is C=C(C)N(C1=C(C)[C@H](C)C=C1)C(C)(C)O. The van der Waals surface area contributed by atoms with Gasteiger partial charge in [-0.3, -0.25) is 0 Å². The monoisotopic (exact) mass is 207 g/mol. The summed E-state index contributed by atoms with van der Waals surface area (Å²) in [6.07, 6.45) is 4.21. The van der Waals surface area contributed by atoms with E-state index >= 15 is 0 Å². The zero-order valence-corrected chi connectivity index (χ0v) is 10.3. The molecule has 0 unspecified atom stereocenters. The van der Waals surface area contributed by atoms with E-state index in [-0.39, 0.29) is 0 Å². The Labute approximate surface area is 92.6 Å². The molecule has 0 aliphatic heterocycles. The summed E-state index contributed by atoms with van der Waals surface area (Å²) in [5, 5.41) is 10.1. The molecular weight excluding hydrogens is 186 g/mol. The molecular formula is C13H21NO. The van der Waals surface area contributed by atoms with Crippen molar-refractivity contribution >= 4 is 0 Å². The molecule has 0 spiro atoms. The quantitative estimate of drug-likeness (QED) is 0.719. The second-order valence-electron chi connectivity index (χ2n) is 4.78. The molecule has 1 aliphatic rings. The summed E-state index contributed by atoms with van der Waals surface area (Å²) < 4.78 is 0. The predicted molar refractivity (Wildman–Crippen MR) is 64.0 cm³/mol. The van der Waals surface area contributed by atoms with Gasteiger partial charge in [-0.2, -0.15) is 0 Å². The zero-order chi connectivity index (χ0) is 11.8. The van der Waals surface area contributed by atoms with Gasteiger partial charge in [0, 0.05) is 11.4 Å². The van der Waals surface area contributed by atoms with Crippen molar-refractivity contribution in [2.75, 3.05) is 0 Å². The zero-order valence-electron chi connectivity index (χ0n) is 10.3. The molecule has 2 nitrogen and oxygen atoms in total. The molecule has 2 heteroatoms. The van der Waals surface area contributed by atoms with Crippen LogP contribution in [-0.4, -0.2) is 15.7 Å². The average Bonchev–Trinajstić information content (AvgIpc) is 2.33. The Hall–Kier alpha value is -1.02. The standard InChI is InChI=1S/C13H21NO/c1-9(2)14(13(5,6)15)12-8-7-10(3)11(12)4/h7-8,10,15H,1H2,2-6H3/t10-/m1/s1. The molecule has 1 atom stereocenters. The Kier molecular flexibility index (Phi) is 3.10. The van der Waals surface area contributed by atoms with Crippen LogP contribution in [0, 0.1) is 5.92 Å². The van der Waals surface area contributed by atoms with Crippen LogP contribution < -0.4 is 0 Å². The number of allylic oxidation sites excluding steroid dienone is 4. The van der Waals surface area contributed by atoms with Gasteiger partial charge in [-0.1, -0.05) is 19.6 Å². The maximum absolute atomic E-state index is 10.1. The van der Waals surface area contributed by atoms with Gasteiger partial charge in [0.25, 0.3) is 0 Å². The topological polar surface area (TPSA) is 23.5 Å². The van der Waals surface area contributed by atoms with Gasteiger partial charge in [0.05, 0.1) is 0 Å². The maximum Gasteiger partial charge on any atom is 0.136 e. The van der Waals surface area contributed by atoms with Crippen LogP contribution in [0.15, 0.2) is 35.7 Å². The fraction of sp³-hybridized carbons (Fsp3) is 0.538. The van der Waals surface area contributed by atoms with Crippen molar-refractivity contribution in [3.05, 3.63) is 35.7 Å². The summed E-state index contributed by atoms with van der Waals surface area (Å²) in [6, 6.07) is 0. The molecule has 0 aromatic rings. The van der Waals surface area contributed by atoms with Gasteiger partial charge in [0.1, 0.15) is 5.72 Å². The van der Waals surface area contributed by atoms with Crippen molar-refractivity contribution in [2.45, 2.75) is 40.3 Å². The Balaban J connectivity index is 3.13. The van der Waals surface area contributed by atoms with Crippen LogP contribution in [0.25, 0.3) is 0 Å². The lowest BCUT2D eigenvalue weighted by Crippen LogP contribution is -2.41. The average molecular weight is 207 g/mol. The van der Waals surface area contributed by atoms with E-state index in [1.54, 1.807) is 13.8 Å². The molecule has 84 valence electrons. The largest absolute Gasteiger partial charge is 0.371 e. The fourth-order valence-electron chi connectivity index (χ4n) is 1.96. The molecule has 0 amide bonds. The summed E-state index contributed by atoms with van der Waals surface area (Å²) in [7, 11) is 0. The normalized spacial score (nSPS) is 21.1. The van der Waals surface area contributed by atoms with Crippen LogP contribution >= 0.6 is 0 Å². The van der Waals surface area contributed by atoms with Crippen molar-refractivity contribution in [2.24, 2.45) is 5.92 Å². The first kappa shape index (κ1) is 12.1. The number of nitrogens with zero attached hydrogens (tertiary/aromatic N) is 1. The molecule has 1 aliphatic carbocycles. The van der Waals surface area contributed by atoms with E-state index in [1.165, 1.54) is 5.57 Å². The number of hydrogen-bond donors (Lipinski definition) is 1.